The SMILES string of the molecule is Cc1c(C(=O)O)c(-c2cccc(N3CCN(c4ccc([C@@H]5CCN(O)P5(=O)c5ccc(N[C@H](CCN6CCC(C(=O)O)CC6)CSc6ccccc6)c(S(=O)(=O)C(F)(F)F)c5)cc4)CC3)c2)c(-c2ccc(Cl)cc2)n1C(C)C. The number of aromatic carboxylic acids is 1. The number of thioether (sulfide) groups is 1. The van der Waals surface area contributed by atoms with Crippen LogP contribution >= 0.6 is 30.7 Å². The molecule has 3 aliphatic heterocycles. The van der Waals surface area contributed by atoms with Crippen LogP contribution in [0.4, 0.5) is 30.2 Å². The van der Waals surface area contributed by atoms with Crippen LogP contribution in [-0.2, 0) is 19.2 Å². The number of carboxylic acids is 2. The van der Waals surface area contributed by atoms with Gasteiger partial charge in [-0.1, -0.05) is 66.2 Å². The molecule has 0 saturated carbocycles. The van der Waals surface area contributed by atoms with Crippen molar-refractivity contribution in [1.82, 2.24) is 14.3 Å². The molecule has 3 atom stereocenters. The normalized spacial score (nSPS) is 19.4. The molecule has 5 aromatic carbocycles. The standard InChI is InChI=1S/C57H63ClF3N6O8PS2/c1-37(2)67-38(3)52(56(70)71)53(54(67)40-12-16-43(58)17-13-40)42-8-7-9-46(34-42)65-32-30-64(31-33-65)45-18-14-39(15-19-45)50-25-29-66(72)76(50,73)47-20-21-49(51(35-47)78(74,75)57(59,60)61)62-44(36-77-48-10-5-4-6-11-48)24-28-63-26-22-41(23-27-63)55(68)69/h4-21,34-35,37,41,44,50,62,72H,22-33,36H2,1-3H3,(H,68,69)(H,70,71)/t44-,50+,76?/m1/s1. The summed E-state index contributed by atoms with van der Waals surface area (Å²) in [6.07, 6.45) is 1.51. The van der Waals surface area contributed by atoms with Gasteiger partial charge in [0, 0.05) is 95.0 Å². The molecule has 21 heteroatoms. The predicted molar refractivity (Wildman–Crippen MR) is 302 cm³/mol. The summed E-state index contributed by atoms with van der Waals surface area (Å²) >= 11 is 7.73. The van der Waals surface area contributed by atoms with Gasteiger partial charge in [-0.25, -0.2) is 13.2 Å². The average Bonchev–Trinajstić information content (AvgIpc) is 4.08. The number of piperidine rings is 1. The Labute approximate surface area is 462 Å². The predicted octanol–water partition coefficient (Wildman–Crippen LogP) is 12.2. The second kappa shape index (κ2) is 23.5. The summed E-state index contributed by atoms with van der Waals surface area (Å²) in [5.74, 6) is -1.95. The van der Waals surface area contributed by atoms with Gasteiger partial charge in [-0.3, -0.25) is 9.36 Å². The number of rotatable bonds is 18. The van der Waals surface area contributed by atoms with Crippen LogP contribution in [0.1, 0.15) is 72.8 Å². The van der Waals surface area contributed by atoms with Gasteiger partial charge in [0.05, 0.1) is 28.5 Å². The number of alkyl halides is 3. The number of hydrogen-bond donors (Lipinski definition) is 4. The number of anilines is 3. The smallest absolute Gasteiger partial charge is 0.481 e. The fourth-order valence-electron chi connectivity index (χ4n) is 11.2. The summed E-state index contributed by atoms with van der Waals surface area (Å²) in [4.78, 5) is 31.5. The van der Waals surface area contributed by atoms with Gasteiger partial charge in [0.2, 0.25) is 7.29 Å². The number of likely N-dealkylation sites (tertiary alicyclic amines) is 1. The molecule has 4 N–H and O–H groups in total. The van der Waals surface area contributed by atoms with E-state index in [1.807, 2.05) is 99.6 Å². The zero-order valence-electron chi connectivity index (χ0n) is 43.4. The first-order valence-corrected chi connectivity index (χ1v) is 30.6. The van der Waals surface area contributed by atoms with Gasteiger partial charge in [0.25, 0.3) is 9.84 Å². The van der Waals surface area contributed by atoms with E-state index in [0.29, 0.717) is 97.5 Å². The van der Waals surface area contributed by atoms with Crippen LogP contribution in [0.25, 0.3) is 22.4 Å². The Balaban J connectivity index is 0.932. The summed E-state index contributed by atoms with van der Waals surface area (Å²) in [5.41, 5.74) is -0.556. The number of nitrogens with zero attached hydrogens (tertiary/aromatic N) is 5. The number of carbonyl (C=O) groups is 2. The van der Waals surface area contributed by atoms with Crippen molar-refractivity contribution >= 4 is 74.8 Å². The van der Waals surface area contributed by atoms with Crippen molar-refractivity contribution in [3.05, 3.63) is 143 Å². The van der Waals surface area contributed by atoms with Gasteiger partial charge in [-0.2, -0.15) is 13.2 Å². The lowest BCUT2D eigenvalue weighted by Crippen LogP contribution is -2.46. The van der Waals surface area contributed by atoms with Gasteiger partial charge >= 0.3 is 17.4 Å². The molecular formula is C57H63ClF3N6O8PS2. The van der Waals surface area contributed by atoms with Crippen LogP contribution in [0.2, 0.25) is 5.02 Å². The highest BCUT2D eigenvalue weighted by molar-refractivity contribution is 7.99. The molecule has 0 amide bonds. The maximum absolute atomic E-state index is 15.3. The van der Waals surface area contributed by atoms with Gasteiger partial charge in [-0.05, 0) is 143 Å². The maximum Gasteiger partial charge on any atom is 0.501 e. The van der Waals surface area contributed by atoms with Gasteiger partial charge in [0.15, 0.2) is 0 Å². The van der Waals surface area contributed by atoms with E-state index in [1.54, 1.807) is 24.3 Å². The molecule has 3 aliphatic rings. The molecule has 0 aliphatic carbocycles. The topological polar surface area (TPSA) is 176 Å². The Bertz CT molecular complexity index is 3300. The van der Waals surface area contributed by atoms with Crippen molar-refractivity contribution in [2.45, 2.75) is 79.5 Å². The minimum Gasteiger partial charge on any atom is -0.481 e. The third-order valence-corrected chi connectivity index (χ3v) is 21.6. The van der Waals surface area contributed by atoms with Crippen molar-refractivity contribution in [1.29, 1.82) is 0 Å². The number of sulfone groups is 1. The molecule has 0 spiro atoms. The minimum absolute atomic E-state index is 0.0306. The Kier molecular flexibility index (Phi) is 17.1. The van der Waals surface area contributed by atoms with Crippen LogP contribution in [-0.4, -0.2) is 120 Å². The number of piperazine rings is 1. The first kappa shape index (κ1) is 56.9. The van der Waals surface area contributed by atoms with E-state index in [4.69, 9.17) is 11.6 Å². The molecule has 4 heterocycles. The third kappa shape index (κ3) is 11.7. The molecule has 3 fully saturated rings. The zero-order chi connectivity index (χ0) is 55.7. The largest absolute Gasteiger partial charge is 0.501 e. The van der Waals surface area contributed by atoms with Crippen molar-refractivity contribution in [3.8, 4) is 22.4 Å². The van der Waals surface area contributed by atoms with E-state index in [9.17, 15) is 46.6 Å². The van der Waals surface area contributed by atoms with E-state index in [1.165, 1.54) is 23.9 Å². The lowest BCUT2D eigenvalue weighted by atomic mass is 9.96. The second-order valence-electron chi connectivity index (χ2n) is 20.4. The summed E-state index contributed by atoms with van der Waals surface area (Å²) in [6.45, 7) is 9.91. The number of benzene rings is 5. The number of nitrogens with one attached hydrogen (secondary N) is 1. The number of aliphatic carboxylic acids is 1. The Morgan fingerprint density at radius 2 is 1.45 bits per heavy atom. The number of aromatic nitrogens is 1. The summed E-state index contributed by atoms with van der Waals surface area (Å²) in [7, 11) is -10.2. The third-order valence-electron chi connectivity index (χ3n) is 15.3. The highest BCUT2D eigenvalue weighted by Gasteiger charge is 2.51. The lowest BCUT2D eigenvalue weighted by molar-refractivity contribution is -0.143. The molecule has 78 heavy (non-hydrogen) atoms. The fraction of sp³-hybridized carbons (Fsp3) is 0.368. The molecule has 3 saturated heterocycles. The van der Waals surface area contributed by atoms with E-state index in [2.05, 4.69) is 24.6 Å². The number of carboxylic acid groups (broad SMARTS) is 2. The van der Waals surface area contributed by atoms with E-state index in [-0.39, 0.29) is 35.6 Å². The Morgan fingerprint density at radius 3 is 2.06 bits per heavy atom. The average molecular weight is 1150 g/mol. The van der Waals surface area contributed by atoms with Crippen molar-refractivity contribution in [3.63, 3.8) is 0 Å². The maximum atomic E-state index is 15.3. The minimum atomic E-state index is -6.02. The first-order valence-electron chi connectivity index (χ1n) is 26.0. The highest BCUT2D eigenvalue weighted by Crippen LogP contribution is 2.66. The van der Waals surface area contributed by atoms with Gasteiger partial charge < -0.3 is 40.0 Å². The van der Waals surface area contributed by atoms with Crippen LogP contribution in [0, 0.1) is 12.8 Å². The fourth-order valence-corrected chi connectivity index (χ4v) is 16.4. The van der Waals surface area contributed by atoms with Crippen molar-refractivity contribution in [2.24, 2.45) is 5.92 Å². The van der Waals surface area contributed by atoms with Crippen LogP contribution in [0.3, 0.4) is 0 Å². The highest BCUT2D eigenvalue weighted by atomic mass is 35.5. The molecular weight excluding hydrogens is 1080 g/mol. The van der Waals surface area contributed by atoms with Crippen molar-refractivity contribution in [2.75, 3.05) is 73.2 Å². The molecule has 414 valence electrons. The van der Waals surface area contributed by atoms with Crippen LogP contribution in [0.5, 0.6) is 0 Å². The summed E-state index contributed by atoms with van der Waals surface area (Å²) in [6, 6.07) is 34.9. The number of hydrogen-bond acceptors (Lipinski definition) is 11. The number of hydroxylamine groups is 1. The zero-order valence-corrected chi connectivity index (χ0v) is 46.7. The quantitative estimate of drug-likeness (QED) is 0.0472. The molecule has 1 unspecified atom stereocenters. The molecule has 0 bridgehead atoms. The molecule has 1 aromatic heterocycles. The van der Waals surface area contributed by atoms with Gasteiger partial charge in [0.1, 0.15) is 4.90 Å². The van der Waals surface area contributed by atoms with Crippen molar-refractivity contribution < 1.29 is 51.2 Å². The van der Waals surface area contributed by atoms with Crippen LogP contribution < -0.4 is 20.4 Å². The molecule has 14 nitrogen and oxygen atoms in total. The number of halogens is 4. The van der Waals surface area contributed by atoms with E-state index in [0.717, 1.165) is 39.2 Å². The summed E-state index contributed by atoms with van der Waals surface area (Å²) < 4.78 is 88.2. The van der Waals surface area contributed by atoms with E-state index < -0.39 is 57.1 Å². The van der Waals surface area contributed by atoms with Crippen LogP contribution in [0.15, 0.2) is 131 Å². The van der Waals surface area contributed by atoms with Gasteiger partial charge in [-0.15, -0.1) is 16.6 Å². The molecule has 6 aromatic rings. The Morgan fingerprint density at radius 1 is 0.795 bits per heavy atom. The summed E-state index contributed by atoms with van der Waals surface area (Å²) in [5, 5.41) is 34.9. The second-order valence-corrected chi connectivity index (χ2v) is 26.7. The van der Waals surface area contributed by atoms with E-state index >= 15 is 4.57 Å². The monoisotopic (exact) mass is 1150 g/mol. The molecule has 0 radical (unpaired) electrons. The molecule has 9 rings (SSSR count). The first-order chi connectivity index (χ1) is 37.1. The Hall–Kier alpha value is -5.79. The lowest BCUT2D eigenvalue weighted by Gasteiger charge is -2.37.